The second kappa shape index (κ2) is 16.6. The Labute approximate surface area is 225 Å². The van der Waals surface area contributed by atoms with E-state index in [1.54, 1.807) is 5.48 Å². The van der Waals surface area contributed by atoms with E-state index in [2.05, 4.69) is 22.8 Å². The number of unbranched alkanes of at least 4 members (excludes halogenated alkanes) is 3. The van der Waals surface area contributed by atoms with Crippen LogP contribution in [0, 0.1) is 0 Å². The van der Waals surface area contributed by atoms with Gasteiger partial charge >= 0.3 is 5.97 Å². The number of hydroxylamine groups is 1. The zero-order valence-corrected chi connectivity index (χ0v) is 22.1. The molecule has 1 aliphatic rings. The average molecular weight is 524 g/mol. The number of carbonyl (C=O) groups is 3. The first-order chi connectivity index (χ1) is 18.5. The smallest absolute Gasteiger partial charge is 0.323 e. The Morgan fingerprint density at radius 3 is 2.26 bits per heavy atom. The fourth-order valence-corrected chi connectivity index (χ4v) is 4.72. The zero-order chi connectivity index (χ0) is 27.0. The van der Waals surface area contributed by atoms with Crippen LogP contribution in [0.3, 0.4) is 0 Å². The van der Waals surface area contributed by atoms with Crippen molar-refractivity contribution in [2.45, 2.75) is 95.7 Å². The number of hydrogen-bond acceptors (Lipinski definition) is 6. The third kappa shape index (κ3) is 11.0. The molecule has 4 N–H and O–H groups in total. The summed E-state index contributed by atoms with van der Waals surface area (Å²) >= 11 is 0. The number of anilines is 1. The van der Waals surface area contributed by atoms with Crippen molar-refractivity contribution in [2.24, 2.45) is 0 Å². The van der Waals surface area contributed by atoms with E-state index in [4.69, 9.17) is 9.94 Å². The van der Waals surface area contributed by atoms with Gasteiger partial charge in [-0.3, -0.25) is 19.6 Å². The highest BCUT2D eigenvalue weighted by molar-refractivity contribution is 5.90. The highest BCUT2D eigenvalue weighted by atomic mass is 16.5. The van der Waals surface area contributed by atoms with Gasteiger partial charge in [-0.2, -0.15) is 0 Å². The van der Waals surface area contributed by atoms with E-state index < -0.39 is 6.04 Å². The summed E-state index contributed by atoms with van der Waals surface area (Å²) < 4.78 is 5.82. The van der Waals surface area contributed by atoms with Crippen molar-refractivity contribution in [3.05, 3.63) is 65.7 Å². The molecule has 0 saturated heterocycles. The summed E-state index contributed by atoms with van der Waals surface area (Å²) in [5.41, 5.74) is 4.51. The van der Waals surface area contributed by atoms with E-state index in [1.807, 2.05) is 42.5 Å². The van der Waals surface area contributed by atoms with Crippen molar-refractivity contribution in [3.63, 3.8) is 0 Å². The number of amides is 2. The Morgan fingerprint density at radius 1 is 0.868 bits per heavy atom. The van der Waals surface area contributed by atoms with Crippen LogP contribution in [0.1, 0.15) is 81.8 Å². The van der Waals surface area contributed by atoms with E-state index in [0.717, 1.165) is 62.6 Å². The van der Waals surface area contributed by atoms with Crippen molar-refractivity contribution in [2.75, 3.05) is 5.32 Å². The van der Waals surface area contributed by atoms with Crippen LogP contribution in [0.4, 0.5) is 5.69 Å². The molecule has 8 heteroatoms. The normalized spacial score (nSPS) is 14.1. The minimum absolute atomic E-state index is 0.0297. The van der Waals surface area contributed by atoms with Crippen LogP contribution in [0.25, 0.3) is 0 Å². The minimum atomic E-state index is -0.405. The number of aryl methyl sites for hydroxylation is 1. The minimum Gasteiger partial charge on any atom is -0.461 e. The summed E-state index contributed by atoms with van der Waals surface area (Å²) in [6, 6.07) is 17.4. The topological polar surface area (TPSA) is 117 Å². The third-order valence-corrected chi connectivity index (χ3v) is 6.88. The van der Waals surface area contributed by atoms with Gasteiger partial charge in [-0.25, -0.2) is 5.48 Å². The summed E-state index contributed by atoms with van der Waals surface area (Å²) in [5.74, 6) is -0.622. The molecule has 0 aromatic heterocycles. The number of esters is 1. The molecule has 0 radical (unpaired) electrons. The molecule has 1 fully saturated rings. The Hall–Kier alpha value is -3.23. The van der Waals surface area contributed by atoms with Gasteiger partial charge in [-0.05, 0) is 74.6 Å². The highest BCUT2D eigenvalue weighted by Crippen LogP contribution is 2.22. The maximum absolute atomic E-state index is 13.0. The van der Waals surface area contributed by atoms with Gasteiger partial charge in [-0.15, -0.1) is 0 Å². The van der Waals surface area contributed by atoms with E-state index in [0.29, 0.717) is 25.8 Å². The first-order valence-electron chi connectivity index (χ1n) is 13.8. The number of benzene rings is 2. The lowest BCUT2D eigenvalue weighted by atomic mass is 10.0. The lowest BCUT2D eigenvalue weighted by Crippen LogP contribution is -2.39. The molecule has 8 nitrogen and oxygen atoms in total. The molecule has 2 aromatic carbocycles. The number of ether oxygens (including phenoxy) is 1. The Morgan fingerprint density at radius 2 is 1.55 bits per heavy atom. The van der Waals surface area contributed by atoms with Gasteiger partial charge in [0.15, 0.2) is 0 Å². The van der Waals surface area contributed by atoms with Gasteiger partial charge in [0, 0.05) is 25.1 Å². The predicted molar refractivity (Wildman–Crippen MR) is 146 cm³/mol. The molecule has 38 heavy (non-hydrogen) atoms. The molecule has 1 atom stereocenters. The van der Waals surface area contributed by atoms with E-state index in [9.17, 15) is 14.4 Å². The number of nitrogens with one attached hydrogen (secondary N) is 3. The molecule has 1 aliphatic carbocycles. The molecule has 0 spiro atoms. The molecule has 2 amide bonds. The zero-order valence-electron chi connectivity index (χ0n) is 22.1. The first-order valence-corrected chi connectivity index (χ1v) is 13.8. The fraction of sp³-hybridized carbons (Fsp3) is 0.500. The Bertz CT molecular complexity index is 1010. The summed E-state index contributed by atoms with van der Waals surface area (Å²) in [6.45, 7) is 0.490. The van der Waals surface area contributed by atoms with Crippen LogP contribution in [0.15, 0.2) is 54.6 Å². The predicted octanol–water partition coefficient (Wildman–Crippen LogP) is 5.05. The van der Waals surface area contributed by atoms with Gasteiger partial charge in [0.2, 0.25) is 11.8 Å². The van der Waals surface area contributed by atoms with Crippen molar-refractivity contribution < 1.29 is 24.3 Å². The van der Waals surface area contributed by atoms with Gasteiger partial charge in [0.1, 0.15) is 12.1 Å². The second-order valence-electron chi connectivity index (χ2n) is 10.00. The fourth-order valence-electron chi connectivity index (χ4n) is 4.72. The summed E-state index contributed by atoms with van der Waals surface area (Å²) in [7, 11) is 0. The molecule has 0 unspecified atom stereocenters. The number of carbonyl (C=O) groups excluding carboxylic acids is 3. The molecule has 1 saturated carbocycles. The summed E-state index contributed by atoms with van der Waals surface area (Å²) in [5, 5.41) is 14.8. The molecular weight excluding hydrogens is 482 g/mol. The summed E-state index contributed by atoms with van der Waals surface area (Å²) in [6.07, 6.45) is 9.36. The molecule has 3 rings (SSSR count). The van der Waals surface area contributed by atoms with Gasteiger partial charge in [0.05, 0.1) is 0 Å². The molecular formula is C30H41N3O5. The monoisotopic (exact) mass is 523 g/mol. The first kappa shape index (κ1) is 29.3. The van der Waals surface area contributed by atoms with Crippen LogP contribution in [0.2, 0.25) is 0 Å². The van der Waals surface area contributed by atoms with Crippen molar-refractivity contribution in [1.82, 2.24) is 10.8 Å². The molecule has 0 heterocycles. The second-order valence-corrected chi connectivity index (χ2v) is 10.00. The molecule has 0 bridgehead atoms. The van der Waals surface area contributed by atoms with Gasteiger partial charge in [-0.1, -0.05) is 55.3 Å². The molecule has 2 aromatic rings. The molecule has 206 valence electrons. The lowest BCUT2D eigenvalue weighted by molar-refractivity contribution is -0.151. The SMILES string of the molecule is O=C(CCCCCCC(=O)Nc1cccc(CN[C@@H](CCc2ccccc2)C(=O)OC2CCCC2)c1)NO. The van der Waals surface area contributed by atoms with Crippen LogP contribution in [-0.4, -0.2) is 35.1 Å². The van der Waals surface area contributed by atoms with Crippen molar-refractivity contribution >= 4 is 23.5 Å². The highest BCUT2D eigenvalue weighted by Gasteiger charge is 2.25. The van der Waals surface area contributed by atoms with E-state index in [-0.39, 0.29) is 30.3 Å². The van der Waals surface area contributed by atoms with Crippen molar-refractivity contribution in [1.29, 1.82) is 0 Å². The van der Waals surface area contributed by atoms with E-state index >= 15 is 0 Å². The van der Waals surface area contributed by atoms with E-state index in [1.165, 1.54) is 5.56 Å². The van der Waals surface area contributed by atoms with Gasteiger partial charge in [0.25, 0.3) is 0 Å². The van der Waals surface area contributed by atoms with Crippen molar-refractivity contribution in [3.8, 4) is 0 Å². The number of rotatable bonds is 16. The van der Waals surface area contributed by atoms with Crippen LogP contribution in [0.5, 0.6) is 0 Å². The Balaban J connectivity index is 1.46. The van der Waals surface area contributed by atoms with Gasteiger partial charge < -0.3 is 15.4 Å². The quantitative estimate of drug-likeness (QED) is 0.106. The maximum atomic E-state index is 13.0. The maximum Gasteiger partial charge on any atom is 0.323 e. The van der Waals surface area contributed by atoms with Crippen LogP contribution in [-0.2, 0) is 32.1 Å². The van der Waals surface area contributed by atoms with Crippen LogP contribution >= 0.6 is 0 Å². The van der Waals surface area contributed by atoms with Crippen LogP contribution < -0.4 is 16.1 Å². The lowest BCUT2D eigenvalue weighted by Gasteiger charge is -2.21. The Kier molecular flexibility index (Phi) is 12.8. The molecule has 0 aliphatic heterocycles. The largest absolute Gasteiger partial charge is 0.461 e. The summed E-state index contributed by atoms with van der Waals surface area (Å²) in [4.78, 5) is 36.4. The average Bonchev–Trinajstić information content (AvgIpc) is 3.44. The number of hydrogen-bond donors (Lipinski definition) is 4. The third-order valence-electron chi connectivity index (χ3n) is 6.88. The standard InChI is InChI=1S/C30H41N3O5/c34-28(17-6-1-2-7-18-29(35)33-37)32-25-14-10-13-24(21-25)22-31-27(20-19-23-11-4-3-5-12-23)30(36)38-26-15-8-9-16-26/h3-5,10-14,21,26-27,31,37H,1-2,6-9,15-20,22H2,(H,32,34)(H,33,35)/t27-/m0/s1.